The molecule has 1 amide bonds. The van der Waals surface area contributed by atoms with Crippen molar-refractivity contribution in [2.24, 2.45) is 0 Å². The van der Waals surface area contributed by atoms with Gasteiger partial charge in [0.2, 0.25) is 0 Å². The Balaban J connectivity index is 1.40. The number of hydrogen-bond acceptors (Lipinski definition) is 5. The number of hydrogen-bond donors (Lipinski definition) is 0. The Hall–Kier alpha value is -3.06. The summed E-state index contributed by atoms with van der Waals surface area (Å²) in [6.45, 7) is 6.32. The molecule has 0 radical (unpaired) electrons. The van der Waals surface area contributed by atoms with Gasteiger partial charge in [0, 0.05) is 10.9 Å². The minimum Gasteiger partial charge on any atom is -0.490 e. The Bertz CT molecular complexity index is 1200. The molecule has 0 saturated heterocycles. The highest BCUT2D eigenvalue weighted by molar-refractivity contribution is 6.30. The smallest absolute Gasteiger partial charge is 0.411 e. The Kier molecular flexibility index (Phi) is 6.45. The highest BCUT2D eigenvalue weighted by Gasteiger charge is 2.33. The van der Waals surface area contributed by atoms with Crippen LogP contribution in [0.3, 0.4) is 0 Å². The first-order chi connectivity index (χ1) is 16.8. The van der Waals surface area contributed by atoms with Gasteiger partial charge in [-0.15, -0.1) is 10.2 Å². The van der Waals surface area contributed by atoms with Crippen molar-refractivity contribution in [3.8, 4) is 11.4 Å². The van der Waals surface area contributed by atoms with Crippen LogP contribution >= 0.6 is 11.6 Å². The maximum Gasteiger partial charge on any atom is 0.411 e. The lowest BCUT2D eigenvalue weighted by molar-refractivity contribution is 0.0214. The van der Waals surface area contributed by atoms with Crippen LogP contribution < -0.4 is 4.74 Å². The van der Waals surface area contributed by atoms with Crippen LogP contribution in [-0.4, -0.2) is 37.5 Å². The third kappa shape index (κ3) is 5.30. The second kappa shape index (κ2) is 9.53. The van der Waals surface area contributed by atoms with Crippen LogP contribution in [0.5, 0.6) is 5.75 Å². The van der Waals surface area contributed by atoms with Crippen molar-refractivity contribution in [3.63, 3.8) is 0 Å². The van der Waals surface area contributed by atoms with Gasteiger partial charge in [-0.25, -0.2) is 4.79 Å². The van der Waals surface area contributed by atoms with E-state index < -0.39 is 5.60 Å². The van der Waals surface area contributed by atoms with Gasteiger partial charge in [0.05, 0.1) is 24.9 Å². The summed E-state index contributed by atoms with van der Waals surface area (Å²) in [6, 6.07) is 15.8. The van der Waals surface area contributed by atoms with Crippen LogP contribution in [0.4, 0.5) is 4.79 Å². The number of aromatic nitrogens is 3. The van der Waals surface area contributed by atoms with Crippen molar-refractivity contribution >= 4 is 17.7 Å². The molecule has 1 aromatic heterocycles. The molecule has 3 aromatic rings. The van der Waals surface area contributed by atoms with Crippen molar-refractivity contribution < 1.29 is 14.3 Å². The first kappa shape index (κ1) is 23.7. The number of para-hydroxylation sites is 1. The summed E-state index contributed by atoms with van der Waals surface area (Å²) in [5, 5.41) is 9.78. The zero-order valence-electron chi connectivity index (χ0n) is 20.4. The average molecular weight is 495 g/mol. The molecular formula is C27H31ClN4O3. The molecule has 0 N–H and O–H groups in total. The second-order valence-corrected chi connectivity index (χ2v) is 10.8. The van der Waals surface area contributed by atoms with Gasteiger partial charge in [-0.1, -0.05) is 29.8 Å². The van der Waals surface area contributed by atoms with Crippen LogP contribution in [0, 0.1) is 0 Å². The first-order valence-corrected chi connectivity index (χ1v) is 12.6. The zero-order valence-corrected chi connectivity index (χ0v) is 21.2. The van der Waals surface area contributed by atoms with Crippen LogP contribution in [0.15, 0.2) is 48.5 Å². The number of nitrogens with zero attached hydrogens (tertiary/aromatic N) is 4. The Morgan fingerprint density at radius 3 is 2.46 bits per heavy atom. The van der Waals surface area contributed by atoms with E-state index in [0.717, 1.165) is 54.3 Å². The van der Waals surface area contributed by atoms with E-state index >= 15 is 0 Å². The molecule has 0 spiro atoms. The molecule has 2 aromatic carbocycles. The summed E-state index contributed by atoms with van der Waals surface area (Å²) in [5.74, 6) is 2.85. The van der Waals surface area contributed by atoms with Gasteiger partial charge < -0.3 is 9.47 Å². The Morgan fingerprint density at radius 1 is 1.00 bits per heavy atom. The predicted octanol–water partition coefficient (Wildman–Crippen LogP) is 6.28. The normalized spacial score (nSPS) is 19.9. The SMILES string of the molecule is CC(C)(C)OC(=O)N1Cc2cc(Cl)ccc2-n2c(nnc2[C@H]2CC[C@H](Oc3ccccc3)CC2)C1. The molecule has 7 nitrogen and oxygen atoms in total. The van der Waals surface area contributed by atoms with E-state index in [-0.39, 0.29) is 18.1 Å². The maximum absolute atomic E-state index is 13.0. The average Bonchev–Trinajstić information content (AvgIpc) is 3.15. The van der Waals surface area contributed by atoms with Crippen molar-refractivity contribution in [1.82, 2.24) is 19.7 Å². The Labute approximate surface area is 211 Å². The molecule has 2 heterocycles. The summed E-state index contributed by atoms with van der Waals surface area (Å²) < 4.78 is 14.0. The summed E-state index contributed by atoms with van der Waals surface area (Å²) in [7, 11) is 0. The van der Waals surface area contributed by atoms with Crippen LogP contribution in [0.25, 0.3) is 5.69 Å². The van der Waals surface area contributed by atoms with Crippen molar-refractivity contribution in [2.75, 3.05) is 0 Å². The highest BCUT2D eigenvalue weighted by Crippen LogP contribution is 2.37. The summed E-state index contributed by atoms with van der Waals surface area (Å²) in [4.78, 5) is 14.6. The molecule has 8 heteroatoms. The van der Waals surface area contributed by atoms with Gasteiger partial charge in [0.25, 0.3) is 0 Å². The lowest BCUT2D eigenvalue weighted by Crippen LogP contribution is -2.35. The molecule has 184 valence electrons. The topological polar surface area (TPSA) is 69.5 Å². The number of rotatable bonds is 3. The van der Waals surface area contributed by atoms with E-state index in [1.807, 2.05) is 69.3 Å². The van der Waals surface area contributed by atoms with Gasteiger partial charge >= 0.3 is 6.09 Å². The summed E-state index contributed by atoms with van der Waals surface area (Å²) >= 11 is 6.35. The maximum atomic E-state index is 13.0. The van der Waals surface area contributed by atoms with E-state index in [1.54, 1.807) is 4.90 Å². The molecule has 0 bridgehead atoms. The van der Waals surface area contributed by atoms with Gasteiger partial charge in [-0.2, -0.15) is 0 Å². The van der Waals surface area contributed by atoms with Crippen LogP contribution in [0.2, 0.25) is 5.02 Å². The van der Waals surface area contributed by atoms with E-state index in [9.17, 15) is 4.79 Å². The van der Waals surface area contributed by atoms with Gasteiger partial charge in [0.1, 0.15) is 17.2 Å². The van der Waals surface area contributed by atoms with Crippen molar-refractivity contribution in [3.05, 3.63) is 70.8 Å². The minimum absolute atomic E-state index is 0.203. The number of ether oxygens (including phenoxy) is 2. The summed E-state index contributed by atoms with van der Waals surface area (Å²) in [5.41, 5.74) is 1.34. The molecule has 1 aliphatic carbocycles. The van der Waals surface area contributed by atoms with Gasteiger partial charge in [-0.3, -0.25) is 9.47 Å². The number of carbonyl (C=O) groups is 1. The lowest BCUT2D eigenvalue weighted by atomic mass is 9.86. The van der Waals surface area contributed by atoms with Gasteiger partial charge in [0.15, 0.2) is 5.82 Å². The number of fused-ring (bicyclic) bond motifs is 3. The van der Waals surface area contributed by atoms with E-state index in [1.165, 1.54) is 0 Å². The molecule has 35 heavy (non-hydrogen) atoms. The number of amides is 1. The van der Waals surface area contributed by atoms with Crippen LogP contribution in [0.1, 0.15) is 69.6 Å². The molecule has 2 aliphatic rings. The molecule has 5 rings (SSSR count). The number of halogens is 1. The first-order valence-electron chi connectivity index (χ1n) is 12.2. The Morgan fingerprint density at radius 2 is 1.74 bits per heavy atom. The zero-order chi connectivity index (χ0) is 24.6. The fraction of sp³-hybridized carbons (Fsp3) is 0.444. The quantitative estimate of drug-likeness (QED) is 0.428. The van der Waals surface area contributed by atoms with Crippen molar-refractivity contribution in [2.45, 2.75) is 77.2 Å². The molecular weight excluding hydrogens is 464 g/mol. The standard InChI is InChI=1S/C27H31ClN4O3/c1-27(2,3)35-26(33)31-16-19-15-20(28)11-14-23(19)32-24(17-31)29-30-25(32)18-9-12-22(13-10-18)34-21-7-5-4-6-8-21/h4-8,11,14-15,18,22H,9-10,12-13,16-17H2,1-3H3/t18-,22-. The molecule has 1 saturated carbocycles. The predicted molar refractivity (Wildman–Crippen MR) is 134 cm³/mol. The lowest BCUT2D eigenvalue weighted by Gasteiger charge is -2.29. The van der Waals surface area contributed by atoms with Crippen molar-refractivity contribution in [1.29, 1.82) is 0 Å². The second-order valence-electron chi connectivity index (χ2n) is 10.3. The molecule has 1 aliphatic heterocycles. The molecule has 0 atom stereocenters. The third-order valence-electron chi connectivity index (χ3n) is 6.47. The van der Waals surface area contributed by atoms with E-state index in [4.69, 9.17) is 21.1 Å². The third-order valence-corrected chi connectivity index (χ3v) is 6.70. The summed E-state index contributed by atoms with van der Waals surface area (Å²) in [6.07, 6.45) is 3.68. The fourth-order valence-electron chi connectivity index (χ4n) is 4.88. The minimum atomic E-state index is -0.583. The monoisotopic (exact) mass is 494 g/mol. The van der Waals surface area contributed by atoms with E-state index in [0.29, 0.717) is 18.1 Å². The molecule has 0 unspecified atom stereocenters. The fourth-order valence-corrected chi connectivity index (χ4v) is 5.07. The largest absolute Gasteiger partial charge is 0.490 e. The number of benzene rings is 2. The van der Waals surface area contributed by atoms with Gasteiger partial charge in [-0.05, 0) is 82.3 Å². The highest BCUT2D eigenvalue weighted by atomic mass is 35.5. The molecule has 1 fully saturated rings. The van der Waals surface area contributed by atoms with E-state index in [2.05, 4.69) is 14.8 Å². The number of carbonyl (C=O) groups excluding carboxylic acids is 1. The van der Waals surface area contributed by atoms with Crippen LogP contribution in [-0.2, 0) is 17.8 Å².